The molecule has 0 saturated carbocycles. The second-order valence-electron chi connectivity index (χ2n) is 6.51. The quantitative estimate of drug-likeness (QED) is 0.386. The number of benzene rings is 2. The van der Waals surface area contributed by atoms with Crippen molar-refractivity contribution in [3.63, 3.8) is 0 Å². The lowest BCUT2D eigenvalue weighted by Gasteiger charge is -2.14. The molecule has 1 atom stereocenters. The highest BCUT2D eigenvalue weighted by molar-refractivity contribution is 9.10. The van der Waals surface area contributed by atoms with Crippen molar-refractivity contribution in [1.29, 1.82) is 0 Å². The lowest BCUT2D eigenvalue weighted by Crippen LogP contribution is -2.29. The van der Waals surface area contributed by atoms with E-state index in [0.29, 0.717) is 27.6 Å². The second kappa shape index (κ2) is 9.75. The van der Waals surface area contributed by atoms with Crippen LogP contribution in [-0.2, 0) is 17.9 Å². The maximum absolute atomic E-state index is 12.9. The van der Waals surface area contributed by atoms with Crippen LogP contribution in [0.25, 0.3) is 10.9 Å². The molecule has 2 aromatic carbocycles. The first-order valence-electron chi connectivity index (χ1n) is 8.85. The van der Waals surface area contributed by atoms with E-state index in [1.807, 2.05) is 12.1 Å². The first kappa shape index (κ1) is 21.8. The van der Waals surface area contributed by atoms with Crippen LogP contribution >= 0.6 is 39.3 Å². The molecule has 3 aromatic rings. The molecule has 0 saturated heterocycles. The summed E-state index contributed by atoms with van der Waals surface area (Å²) in [5.74, 6) is -0.0827. The minimum atomic E-state index is -0.725. The van der Waals surface area contributed by atoms with Crippen molar-refractivity contribution in [1.82, 2.24) is 14.9 Å². The number of aliphatic hydroxyl groups is 1. The number of carbonyl (C=O) groups excluding carboxylic acids is 1. The Morgan fingerprint density at radius 1 is 1.31 bits per heavy atom. The molecule has 0 fully saturated rings. The third kappa shape index (κ3) is 5.82. The lowest BCUT2D eigenvalue weighted by atomic mass is 10.2. The zero-order chi connectivity index (χ0) is 21.0. The van der Waals surface area contributed by atoms with Crippen LogP contribution in [-0.4, -0.2) is 32.4 Å². The third-order valence-corrected chi connectivity index (χ3v) is 5.78. The number of nitrogens with zero attached hydrogens (tertiary/aromatic N) is 2. The van der Waals surface area contributed by atoms with Crippen LogP contribution in [0.5, 0.6) is 0 Å². The minimum absolute atomic E-state index is 0.0991. The summed E-state index contributed by atoms with van der Waals surface area (Å²) in [5.41, 5.74) is 1.23. The topological polar surface area (TPSA) is 84.2 Å². The Balaban J connectivity index is 1.75. The van der Waals surface area contributed by atoms with Crippen LogP contribution in [0.15, 0.2) is 56.9 Å². The number of hydrogen-bond acceptors (Lipinski definition) is 5. The van der Waals surface area contributed by atoms with E-state index in [0.717, 1.165) is 21.8 Å². The number of nitrogens with one attached hydrogen (secondary N) is 1. The second-order valence-corrected chi connectivity index (χ2v) is 8.81. The minimum Gasteiger partial charge on any atom is -0.392 e. The Kier molecular flexibility index (Phi) is 7.34. The van der Waals surface area contributed by atoms with Gasteiger partial charge in [0.05, 0.1) is 29.3 Å². The Hall–Kier alpha value is -1.87. The average Bonchev–Trinajstić information content (AvgIpc) is 2.68. The molecule has 29 heavy (non-hydrogen) atoms. The molecule has 152 valence electrons. The van der Waals surface area contributed by atoms with E-state index in [2.05, 4.69) is 26.2 Å². The van der Waals surface area contributed by atoms with Crippen molar-refractivity contribution in [3.05, 3.63) is 67.9 Å². The first-order chi connectivity index (χ1) is 13.8. The number of carbonyl (C=O) groups is 1. The van der Waals surface area contributed by atoms with Gasteiger partial charge >= 0.3 is 0 Å². The van der Waals surface area contributed by atoms with Gasteiger partial charge in [0.15, 0.2) is 5.16 Å². The molecule has 0 radical (unpaired) electrons. The Morgan fingerprint density at radius 3 is 2.72 bits per heavy atom. The summed E-state index contributed by atoms with van der Waals surface area (Å²) in [6, 6.07) is 12.5. The van der Waals surface area contributed by atoms with Gasteiger partial charge in [-0.1, -0.05) is 51.4 Å². The van der Waals surface area contributed by atoms with Crippen LogP contribution in [0.3, 0.4) is 0 Å². The van der Waals surface area contributed by atoms with E-state index in [1.54, 1.807) is 37.3 Å². The third-order valence-electron chi connectivity index (χ3n) is 4.06. The highest BCUT2D eigenvalue weighted by Crippen LogP contribution is 2.21. The van der Waals surface area contributed by atoms with Crippen molar-refractivity contribution in [2.24, 2.45) is 0 Å². The van der Waals surface area contributed by atoms with Crippen LogP contribution in [0.2, 0.25) is 5.02 Å². The van der Waals surface area contributed by atoms with Gasteiger partial charge in [0.25, 0.3) is 5.56 Å². The number of amides is 1. The zero-order valence-electron chi connectivity index (χ0n) is 15.6. The first-order valence-corrected chi connectivity index (χ1v) is 11.0. The SMILES string of the molecule is C[C@@H](O)Cn1c(SCC(=O)NCc2ccc(Cl)cc2)nc2ccc(Br)cc2c1=O. The average molecular weight is 497 g/mol. The number of hydrogen-bond donors (Lipinski definition) is 2. The van der Waals surface area contributed by atoms with Gasteiger partial charge in [0, 0.05) is 16.0 Å². The van der Waals surface area contributed by atoms with E-state index in [1.165, 1.54) is 4.57 Å². The van der Waals surface area contributed by atoms with E-state index >= 15 is 0 Å². The molecule has 1 amide bonds. The number of halogens is 2. The fourth-order valence-corrected chi connectivity index (χ4v) is 4.02. The van der Waals surface area contributed by atoms with Crippen LogP contribution in [0, 0.1) is 0 Å². The maximum Gasteiger partial charge on any atom is 0.262 e. The van der Waals surface area contributed by atoms with Gasteiger partial charge in [0.2, 0.25) is 5.91 Å². The number of fused-ring (bicyclic) bond motifs is 1. The van der Waals surface area contributed by atoms with Gasteiger partial charge in [0.1, 0.15) is 0 Å². The molecule has 3 rings (SSSR count). The highest BCUT2D eigenvalue weighted by atomic mass is 79.9. The fraction of sp³-hybridized carbons (Fsp3) is 0.250. The summed E-state index contributed by atoms with van der Waals surface area (Å²) < 4.78 is 2.19. The van der Waals surface area contributed by atoms with Gasteiger partial charge in [-0.25, -0.2) is 4.98 Å². The predicted octanol–water partition coefficient (Wildman–Crippen LogP) is 3.60. The number of rotatable bonds is 7. The number of aromatic nitrogens is 2. The molecule has 2 N–H and O–H groups in total. The smallest absolute Gasteiger partial charge is 0.262 e. The molecule has 9 heteroatoms. The molecular weight excluding hydrogens is 478 g/mol. The largest absolute Gasteiger partial charge is 0.392 e. The highest BCUT2D eigenvalue weighted by Gasteiger charge is 2.15. The Bertz CT molecular complexity index is 1090. The van der Waals surface area contributed by atoms with Crippen molar-refractivity contribution < 1.29 is 9.90 Å². The summed E-state index contributed by atoms with van der Waals surface area (Å²) in [5, 5.41) is 14.1. The molecule has 0 unspecified atom stereocenters. The van der Waals surface area contributed by atoms with Gasteiger partial charge in [-0.15, -0.1) is 0 Å². The normalized spacial score (nSPS) is 12.1. The standard InChI is InChI=1S/C20H19BrClN3O3S/c1-12(26)10-25-19(28)16-8-14(21)4-7-17(16)24-20(25)29-11-18(27)23-9-13-2-5-15(22)6-3-13/h2-8,12,26H,9-11H2,1H3,(H,23,27)/t12-/m1/s1. The summed E-state index contributed by atoms with van der Waals surface area (Å²) in [7, 11) is 0. The van der Waals surface area contributed by atoms with Gasteiger partial charge in [-0.3, -0.25) is 14.2 Å². The van der Waals surface area contributed by atoms with E-state index < -0.39 is 6.10 Å². The molecule has 0 bridgehead atoms. The van der Waals surface area contributed by atoms with Gasteiger partial charge < -0.3 is 10.4 Å². The molecule has 1 heterocycles. The van der Waals surface area contributed by atoms with Crippen LogP contribution in [0.1, 0.15) is 12.5 Å². The molecule has 0 aliphatic heterocycles. The number of thioether (sulfide) groups is 1. The van der Waals surface area contributed by atoms with E-state index in [9.17, 15) is 14.7 Å². The molecular formula is C20H19BrClN3O3S. The Labute approximate surface area is 185 Å². The van der Waals surface area contributed by atoms with Crippen LogP contribution in [0.4, 0.5) is 0 Å². The zero-order valence-corrected chi connectivity index (χ0v) is 18.7. The van der Waals surface area contributed by atoms with Crippen molar-refractivity contribution in [2.45, 2.75) is 31.3 Å². The summed E-state index contributed by atoms with van der Waals surface area (Å²) in [6.45, 7) is 2.09. The Morgan fingerprint density at radius 2 is 2.03 bits per heavy atom. The predicted molar refractivity (Wildman–Crippen MR) is 119 cm³/mol. The van der Waals surface area contributed by atoms with E-state index in [4.69, 9.17) is 11.6 Å². The molecule has 1 aromatic heterocycles. The molecule has 0 aliphatic carbocycles. The monoisotopic (exact) mass is 495 g/mol. The summed E-state index contributed by atoms with van der Waals surface area (Å²) in [6.07, 6.45) is -0.725. The van der Waals surface area contributed by atoms with Gasteiger partial charge in [-0.05, 0) is 42.8 Å². The summed E-state index contributed by atoms with van der Waals surface area (Å²) >= 11 is 10.4. The lowest BCUT2D eigenvalue weighted by molar-refractivity contribution is -0.118. The van der Waals surface area contributed by atoms with Gasteiger partial charge in [-0.2, -0.15) is 0 Å². The molecule has 0 spiro atoms. The van der Waals surface area contributed by atoms with Crippen molar-refractivity contribution in [3.8, 4) is 0 Å². The fourth-order valence-electron chi connectivity index (χ4n) is 2.69. The van der Waals surface area contributed by atoms with Crippen molar-refractivity contribution >= 4 is 56.1 Å². The van der Waals surface area contributed by atoms with Crippen LogP contribution < -0.4 is 10.9 Å². The maximum atomic E-state index is 12.9. The number of aliphatic hydroxyl groups excluding tert-OH is 1. The van der Waals surface area contributed by atoms with E-state index in [-0.39, 0.29) is 23.8 Å². The van der Waals surface area contributed by atoms with Crippen molar-refractivity contribution in [2.75, 3.05) is 5.75 Å². The molecule has 0 aliphatic rings. The summed E-state index contributed by atoms with van der Waals surface area (Å²) in [4.78, 5) is 29.7. The molecule has 6 nitrogen and oxygen atoms in total.